The zero-order valence-electron chi connectivity index (χ0n) is 10.2. The van der Waals surface area contributed by atoms with Crippen LogP contribution in [0.5, 0.6) is 0 Å². The molecule has 1 amide bonds. The molecule has 106 valence electrons. The second-order valence-corrected chi connectivity index (χ2v) is 3.71. The van der Waals surface area contributed by atoms with E-state index in [9.17, 15) is 18.4 Å². The molecule has 0 saturated carbocycles. The zero-order chi connectivity index (χ0) is 14.4. The van der Waals surface area contributed by atoms with Crippen LogP contribution in [0.15, 0.2) is 18.3 Å². The summed E-state index contributed by atoms with van der Waals surface area (Å²) in [7, 11) is 1.20. The summed E-state index contributed by atoms with van der Waals surface area (Å²) in [4.78, 5) is 22.4. The van der Waals surface area contributed by atoms with E-state index < -0.39 is 31.0 Å². The van der Waals surface area contributed by atoms with Gasteiger partial charge in [-0.1, -0.05) is 0 Å². The molecule has 0 bridgehead atoms. The second kappa shape index (κ2) is 6.83. The maximum absolute atomic E-state index is 12.3. The van der Waals surface area contributed by atoms with Gasteiger partial charge in [-0.2, -0.15) is 0 Å². The van der Waals surface area contributed by atoms with Gasteiger partial charge in [-0.15, -0.1) is 0 Å². The van der Waals surface area contributed by atoms with Crippen LogP contribution in [0.4, 0.5) is 8.78 Å². The minimum absolute atomic E-state index is 0.0422. The summed E-state index contributed by atoms with van der Waals surface area (Å²) in [5.74, 6) is -1.85. The molecule has 0 aliphatic carbocycles. The van der Waals surface area contributed by atoms with Crippen molar-refractivity contribution >= 4 is 11.9 Å². The number of aromatic nitrogens is 1. The van der Waals surface area contributed by atoms with Crippen molar-refractivity contribution in [1.29, 1.82) is 0 Å². The normalized spacial score (nSPS) is 12.4. The third-order valence-electron chi connectivity index (χ3n) is 2.40. The van der Waals surface area contributed by atoms with Crippen molar-refractivity contribution in [3.05, 3.63) is 24.0 Å². The molecule has 0 aliphatic rings. The Morgan fingerprint density at radius 2 is 2.21 bits per heavy atom. The van der Waals surface area contributed by atoms with Crippen molar-refractivity contribution in [3.63, 3.8) is 0 Å². The van der Waals surface area contributed by atoms with Gasteiger partial charge in [0.15, 0.2) is 6.10 Å². The molecule has 1 aromatic rings. The largest absolute Gasteiger partial charge is 0.479 e. The Hall–Kier alpha value is -1.96. The van der Waals surface area contributed by atoms with Gasteiger partial charge in [0.05, 0.1) is 13.1 Å². The summed E-state index contributed by atoms with van der Waals surface area (Å²) in [6.07, 6.45) is -2.40. The van der Waals surface area contributed by atoms with Crippen LogP contribution in [0.2, 0.25) is 0 Å². The number of carbonyl (C=O) groups is 2. The van der Waals surface area contributed by atoms with Gasteiger partial charge < -0.3 is 19.7 Å². The first-order chi connectivity index (χ1) is 8.95. The Bertz CT molecular complexity index is 448. The van der Waals surface area contributed by atoms with Gasteiger partial charge in [0, 0.05) is 13.3 Å². The number of nitrogens with zero attached hydrogens (tertiary/aromatic N) is 1. The van der Waals surface area contributed by atoms with Gasteiger partial charge >= 0.3 is 5.97 Å². The molecule has 0 aliphatic heterocycles. The minimum atomic E-state index is -2.58. The molecule has 0 saturated heterocycles. The van der Waals surface area contributed by atoms with Crippen molar-refractivity contribution in [2.45, 2.75) is 19.1 Å². The van der Waals surface area contributed by atoms with Gasteiger partial charge in [0.25, 0.3) is 12.3 Å². The summed E-state index contributed by atoms with van der Waals surface area (Å²) >= 11 is 0. The fourth-order valence-electron chi connectivity index (χ4n) is 1.48. The number of halogens is 2. The fourth-order valence-corrected chi connectivity index (χ4v) is 1.48. The van der Waals surface area contributed by atoms with Crippen LogP contribution in [-0.2, 0) is 16.1 Å². The average molecular weight is 276 g/mol. The Labute approximate surface area is 108 Å². The molecule has 6 nitrogen and oxygen atoms in total. The maximum Gasteiger partial charge on any atom is 0.334 e. The highest BCUT2D eigenvalue weighted by atomic mass is 19.3. The van der Waals surface area contributed by atoms with Gasteiger partial charge in [0.1, 0.15) is 5.69 Å². The molecule has 0 radical (unpaired) electrons. The number of hydrogen-bond acceptors (Lipinski definition) is 3. The summed E-state index contributed by atoms with van der Waals surface area (Å²) in [6, 6.07) is 2.84. The van der Waals surface area contributed by atoms with Crippen molar-refractivity contribution < 1.29 is 28.2 Å². The molecule has 0 spiro atoms. The van der Waals surface area contributed by atoms with E-state index in [-0.39, 0.29) is 12.2 Å². The lowest BCUT2D eigenvalue weighted by Gasteiger charge is -2.12. The molecule has 8 heteroatoms. The molecule has 19 heavy (non-hydrogen) atoms. The van der Waals surface area contributed by atoms with Gasteiger partial charge in [-0.05, 0) is 12.1 Å². The number of rotatable bonds is 7. The lowest BCUT2D eigenvalue weighted by molar-refractivity contribution is -0.148. The smallest absolute Gasteiger partial charge is 0.334 e. The number of carbonyl (C=O) groups excluding carboxylic acids is 1. The van der Waals surface area contributed by atoms with Crippen LogP contribution in [0.25, 0.3) is 0 Å². The van der Waals surface area contributed by atoms with E-state index in [4.69, 9.17) is 5.11 Å². The Morgan fingerprint density at radius 3 is 2.74 bits per heavy atom. The Balaban J connectivity index is 2.63. The molecular formula is C11H14F2N2O4. The van der Waals surface area contributed by atoms with Crippen LogP contribution >= 0.6 is 0 Å². The van der Waals surface area contributed by atoms with E-state index >= 15 is 0 Å². The molecular weight excluding hydrogens is 262 g/mol. The first-order valence-corrected chi connectivity index (χ1v) is 5.42. The number of hydrogen-bond donors (Lipinski definition) is 2. The van der Waals surface area contributed by atoms with E-state index in [1.807, 2.05) is 0 Å². The Kier molecular flexibility index (Phi) is 5.43. The summed E-state index contributed by atoms with van der Waals surface area (Å²) in [5.41, 5.74) is 0.0422. The number of carboxylic acid groups (broad SMARTS) is 1. The number of nitrogens with one attached hydrogen (secondary N) is 1. The topological polar surface area (TPSA) is 80.6 Å². The molecule has 1 atom stereocenters. The van der Waals surface area contributed by atoms with Crippen molar-refractivity contribution in [2.75, 3.05) is 13.7 Å². The third kappa shape index (κ3) is 4.32. The third-order valence-corrected chi connectivity index (χ3v) is 2.40. The van der Waals surface area contributed by atoms with E-state index in [0.717, 1.165) is 4.57 Å². The number of methoxy groups -OCH3 is 1. The number of ether oxygens (including phenoxy) is 1. The molecule has 1 unspecified atom stereocenters. The van der Waals surface area contributed by atoms with Crippen molar-refractivity contribution in [1.82, 2.24) is 9.88 Å². The maximum atomic E-state index is 12.3. The predicted octanol–water partition coefficient (Wildman–Crippen LogP) is 0.583. The molecule has 0 fully saturated rings. The number of amides is 1. The highest BCUT2D eigenvalue weighted by molar-refractivity contribution is 5.93. The van der Waals surface area contributed by atoms with Gasteiger partial charge in [-0.25, -0.2) is 13.6 Å². The lowest BCUT2D eigenvalue weighted by atomic mass is 10.3. The summed E-state index contributed by atoms with van der Waals surface area (Å²) in [6.45, 7) is -0.840. The van der Waals surface area contributed by atoms with E-state index in [1.54, 1.807) is 0 Å². The molecule has 0 aromatic carbocycles. The highest BCUT2D eigenvalue weighted by Gasteiger charge is 2.19. The van der Waals surface area contributed by atoms with Crippen molar-refractivity contribution in [3.8, 4) is 0 Å². The lowest BCUT2D eigenvalue weighted by Crippen LogP contribution is -2.38. The van der Waals surface area contributed by atoms with Crippen LogP contribution in [-0.4, -0.2) is 47.7 Å². The van der Waals surface area contributed by atoms with Crippen molar-refractivity contribution in [2.24, 2.45) is 0 Å². The molecule has 1 aromatic heterocycles. The first-order valence-electron chi connectivity index (χ1n) is 5.42. The Morgan fingerprint density at radius 1 is 1.53 bits per heavy atom. The SMILES string of the molecule is COC(CNC(=O)c1cccn1CC(F)F)C(=O)O. The predicted molar refractivity (Wildman–Crippen MR) is 61.2 cm³/mol. The first kappa shape index (κ1) is 15.1. The zero-order valence-corrected chi connectivity index (χ0v) is 10.2. The van der Waals surface area contributed by atoms with Gasteiger partial charge in [-0.3, -0.25) is 4.79 Å². The number of carboxylic acids is 1. The fraction of sp³-hybridized carbons (Fsp3) is 0.455. The van der Waals surface area contributed by atoms with E-state index in [2.05, 4.69) is 10.1 Å². The van der Waals surface area contributed by atoms with Crippen LogP contribution in [0.1, 0.15) is 10.5 Å². The van der Waals surface area contributed by atoms with E-state index in [0.29, 0.717) is 0 Å². The van der Waals surface area contributed by atoms with Crippen LogP contribution in [0.3, 0.4) is 0 Å². The van der Waals surface area contributed by atoms with E-state index in [1.165, 1.54) is 25.4 Å². The average Bonchev–Trinajstić information content (AvgIpc) is 2.76. The molecule has 1 heterocycles. The highest BCUT2D eigenvalue weighted by Crippen LogP contribution is 2.06. The number of aliphatic carboxylic acids is 1. The van der Waals surface area contributed by atoms with Crippen LogP contribution < -0.4 is 5.32 Å². The van der Waals surface area contributed by atoms with Gasteiger partial charge in [0.2, 0.25) is 0 Å². The standard InChI is InChI=1S/C11H14F2N2O4/c1-19-8(11(17)18)5-14-10(16)7-3-2-4-15(7)6-9(12)13/h2-4,8-9H,5-6H2,1H3,(H,14,16)(H,17,18). The minimum Gasteiger partial charge on any atom is -0.479 e. The summed E-state index contributed by atoms with van der Waals surface area (Å²) in [5, 5.41) is 11.0. The second-order valence-electron chi connectivity index (χ2n) is 3.71. The monoisotopic (exact) mass is 276 g/mol. The molecule has 1 rings (SSSR count). The quantitative estimate of drug-likeness (QED) is 0.763. The molecule has 2 N–H and O–H groups in total. The summed E-state index contributed by atoms with van der Waals surface area (Å²) < 4.78 is 30.3. The number of alkyl halides is 2. The van der Waals surface area contributed by atoms with Crippen LogP contribution in [0, 0.1) is 0 Å².